The fraction of sp³-hybridized carbons (Fsp3) is 0.520. The van der Waals surface area contributed by atoms with Gasteiger partial charge in [0.15, 0.2) is 0 Å². The maximum absolute atomic E-state index is 4.67. The third-order valence-electron chi connectivity index (χ3n) is 7.47. The molecule has 0 saturated carbocycles. The number of hydrogen-bond acceptors (Lipinski definition) is 5. The zero-order chi connectivity index (χ0) is 21.3. The van der Waals surface area contributed by atoms with Crippen molar-refractivity contribution in [2.45, 2.75) is 56.5 Å². The van der Waals surface area contributed by atoms with Gasteiger partial charge in [-0.25, -0.2) is 9.97 Å². The highest BCUT2D eigenvalue weighted by molar-refractivity contribution is 5.63. The minimum Gasteiger partial charge on any atom is -0.371 e. The van der Waals surface area contributed by atoms with Crippen molar-refractivity contribution in [1.29, 1.82) is 0 Å². The van der Waals surface area contributed by atoms with E-state index in [0.717, 1.165) is 43.5 Å². The van der Waals surface area contributed by atoms with Gasteiger partial charge < -0.3 is 25.5 Å². The smallest absolute Gasteiger partial charge is 0.123 e. The van der Waals surface area contributed by atoms with Gasteiger partial charge in [0.05, 0.1) is 24.0 Å². The zero-order valence-corrected chi connectivity index (χ0v) is 18.6. The highest BCUT2D eigenvalue weighted by Gasteiger charge is 2.25. The summed E-state index contributed by atoms with van der Waals surface area (Å²) in [7, 11) is 0. The molecule has 5 heterocycles. The molecule has 4 N–H and O–H groups in total. The van der Waals surface area contributed by atoms with Gasteiger partial charge in [0.2, 0.25) is 0 Å². The van der Waals surface area contributed by atoms with Gasteiger partial charge in [-0.2, -0.15) is 0 Å². The Hall–Kier alpha value is -2.64. The lowest BCUT2D eigenvalue weighted by Crippen LogP contribution is -2.32. The van der Waals surface area contributed by atoms with Crippen molar-refractivity contribution in [1.82, 2.24) is 30.6 Å². The van der Waals surface area contributed by atoms with Crippen LogP contribution >= 0.6 is 0 Å². The molecular weight excluding hydrogens is 398 g/mol. The highest BCUT2D eigenvalue weighted by Crippen LogP contribution is 2.32. The molecule has 0 aliphatic carbocycles. The van der Waals surface area contributed by atoms with Gasteiger partial charge in [-0.3, -0.25) is 0 Å². The van der Waals surface area contributed by atoms with Crippen molar-refractivity contribution in [2.24, 2.45) is 0 Å². The Bertz CT molecular complexity index is 1020. The summed E-state index contributed by atoms with van der Waals surface area (Å²) in [5.41, 5.74) is 4.93. The minimum atomic E-state index is 0.379. The molecule has 0 unspecified atom stereocenters. The van der Waals surface area contributed by atoms with Crippen LogP contribution in [-0.2, 0) is 0 Å². The number of rotatable bonds is 5. The summed E-state index contributed by atoms with van der Waals surface area (Å²) < 4.78 is 0. The molecule has 0 radical (unpaired) electrons. The van der Waals surface area contributed by atoms with Crippen LogP contribution in [0.2, 0.25) is 0 Å². The standard InChI is InChI=1S/C25H33N7/c1-3-20(26-11-1)24-28-15-22(30-24)17-5-7-19(8-6-17)32-13-9-18(10-14-32)23-16-29-25(31-23)21-4-2-12-27-21/h5-8,15-16,18,20-21,26-27H,1-4,9-14H2,(H,28,30)(H,29,31)/t20-,21-/m0/s1. The Balaban J connectivity index is 1.07. The van der Waals surface area contributed by atoms with E-state index in [1.807, 2.05) is 6.20 Å². The second kappa shape index (κ2) is 8.71. The first-order valence-electron chi connectivity index (χ1n) is 12.3. The van der Waals surface area contributed by atoms with Crippen molar-refractivity contribution in [3.63, 3.8) is 0 Å². The molecule has 6 rings (SSSR count). The molecule has 0 spiro atoms. The summed E-state index contributed by atoms with van der Waals surface area (Å²) >= 11 is 0. The van der Waals surface area contributed by atoms with Crippen LogP contribution in [0.3, 0.4) is 0 Å². The summed E-state index contributed by atoms with van der Waals surface area (Å²) in [5, 5.41) is 7.05. The van der Waals surface area contributed by atoms with E-state index in [4.69, 9.17) is 0 Å². The minimum absolute atomic E-state index is 0.379. The number of aromatic nitrogens is 4. The number of benzene rings is 1. The van der Waals surface area contributed by atoms with Crippen LogP contribution in [0.1, 0.15) is 73.9 Å². The predicted octanol–water partition coefficient (Wildman–Crippen LogP) is 4.03. The third-order valence-corrected chi connectivity index (χ3v) is 7.47. The van der Waals surface area contributed by atoms with Crippen LogP contribution in [0.25, 0.3) is 11.3 Å². The normalized spacial score (nSPS) is 24.4. The van der Waals surface area contributed by atoms with Gasteiger partial charge in [-0.15, -0.1) is 0 Å². The second-order valence-corrected chi connectivity index (χ2v) is 9.51. The lowest BCUT2D eigenvalue weighted by molar-refractivity contribution is 0.495. The molecular formula is C25H33N7. The van der Waals surface area contributed by atoms with Crippen LogP contribution < -0.4 is 15.5 Å². The van der Waals surface area contributed by atoms with Crippen LogP contribution in [-0.4, -0.2) is 46.1 Å². The molecule has 3 saturated heterocycles. The maximum atomic E-state index is 4.67. The first-order chi connectivity index (χ1) is 15.8. The summed E-state index contributed by atoms with van der Waals surface area (Å²) in [6.07, 6.45) is 11.2. The second-order valence-electron chi connectivity index (χ2n) is 9.51. The molecule has 2 atom stereocenters. The van der Waals surface area contributed by atoms with Gasteiger partial charge in [0.25, 0.3) is 0 Å². The highest BCUT2D eigenvalue weighted by atomic mass is 15.1. The largest absolute Gasteiger partial charge is 0.371 e. The molecule has 0 amide bonds. The van der Waals surface area contributed by atoms with Crippen LogP contribution in [0.4, 0.5) is 5.69 Å². The monoisotopic (exact) mass is 431 g/mol. The lowest BCUT2D eigenvalue weighted by Gasteiger charge is -2.33. The average molecular weight is 432 g/mol. The van der Waals surface area contributed by atoms with E-state index in [-0.39, 0.29) is 0 Å². The van der Waals surface area contributed by atoms with Gasteiger partial charge in [0.1, 0.15) is 11.6 Å². The Morgan fingerprint density at radius 1 is 0.750 bits per heavy atom. The van der Waals surface area contributed by atoms with Gasteiger partial charge in [-0.05, 0) is 69.3 Å². The first-order valence-corrected chi connectivity index (χ1v) is 12.3. The van der Waals surface area contributed by atoms with Gasteiger partial charge >= 0.3 is 0 Å². The maximum Gasteiger partial charge on any atom is 0.123 e. The molecule has 3 aliphatic heterocycles. The van der Waals surface area contributed by atoms with Crippen molar-refractivity contribution in [3.8, 4) is 11.3 Å². The Labute approximate surface area is 189 Å². The number of aromatic amines is 2. The lowest BCUT2D eigenvalue weighted by atomic mass is 9.93. The van der Waals surface area contributed by atoms with E-state index in [9.17, 15) is 0 Å². The quantitative estimate of drug-likeness (QED) is 0.490. The molecule has 2 aromatic heterocycles. The van der Waals surface area contributed by atoms with E-state index in [2.05, 4.69) is 65.9 Å². The molecule has 7 nitrogen and oxygen atoms in total. The molecule has 32 heavy (non-hydrogen) atoms. The number of H-pyrrole nitrogens is 2. The van der Waals surface area contributed by atoms with Crippen molar-refractivity contribution in [2.75, 3.05) is 31.1 Å². The van der Waals surface area contributed by atoms with E-state index in [0.29, 0.717) is 18.0 Å². The number of imidazole rings is 2. The van der Waals surface area contributed by atoms with E-state index >= 15 is 0 Å². The fourth-order valence-electron chi connectivity index (χ4n) is 5.53. The number of nitrogens with zero attached hydrogens (tertiary/aromatic N) is 3. The van der Waals surface area contributed by atoms with Crippen LogP contribution in [0.5, 0.6) is 0 Å². The topological polar surface area (TPSA) is 84.7 Å². The van der Waals surface area contributed by atoms with Crippen molar-refractivity contribution >= 4 is 5.69 Å². The number of hydrogen-bond donors (Lipinski definition) is 4. The van der Waals surface area contributed by atoms with E-state index in [1.165, 1.54) is 55.5 Å². The SMILES string of the molecule is c1cc(N2CCC(c3cnc([C@@H]4CCCN4)[nH]3)CC2)ccc1-c1cnc([C@@H]2CCCN2)[nH]1. The molecule has 3 fully saturated rings. The fourth-order valence-corrected chi connectivity index (χ4v) is 5.53. The van der Waals surface area contributed by atoms with Crippen molar-refractivity contribution in [3.05, 3.63) is 54.0 Å². The summed E-state index contributed by atoms with van der Waals surface area (Å²) in [6, 6.07) is 9.74. The summed E-state index contributed by atoms with van der Waals surface area (Å²) in [4.78, 5) is 18.9. The van der Waals surface area contributed by atoms with E-state index < -0.39 is 0 Å². The Morgan fingerprint density at radius 3 is 2.06 bits per heavy atom. The van der Waals surface area contributed by atoms with E-state index in [1.54, 1.807) is 0 Å². The Kier molecular flexibility index (Phi) is 5.45. The third kappa shape index (κ3) is 3.95. The molecule has 3 aliphatic rings. The number of piperidine rings is 1. The van der Waals surface area contributed by atoms with Crippen LogP contribution in [0, 0.1) is 0 Å². The average Bonchev–Trinajstić information content (AvgIpc) is 3.66. The predicted molar refractivity (Wildman–Crippen MR) is 127 cm³/mol. The summed E-state index contributed by atoms with van der Waals surface area (Å²) in [5.74, 6) is 2.77. The van der Waals surface area contributed by atoms with Gasteiger partial charge in [-0.1, -0.05) is 12.1 Å². The van der Waals surface area contributed by atoms with Gasteiger partial charge in [0, 0.05) is 36.6 Å². The number of anilines is 1. The first kappa shape index (κ1) is 20.0. The zero-order valence-electron chi connectivity index (χ0n) is 18.6. The number of nitrogens with one attached hydrogen (secondary N) is 4. The van der Waals surface area contributed by atoms with Crippen molar-refractivity contribution < 1.29 is 0 Å². The molecule has 7 heteroatoms. The molecule has 0 bridgehead atoms. The molecule has 168 valence electrons. The Morgan fingerprint density at radius 2 is 1.41 bits per heavy atom. The summed E-state index contributed by atoms with van der Waals surface area (Å²) in [6.45, 7) is 4.37. The molecule has 1 aromatic carbocycles. The molecule has 3 aromatic rings. The van der Waals surface area contributed by atoms with Crippen LogP contribution in [0.15, 0.2) is 36.7 Å².